The summed E-state index contributed by atoms with van der Waals surface area (Å²) in [5.41, 5.74) is 5.94. The number of fused-ring (bicyclic) bond motifs is 2. The predicted octanol–water partition coefficient (Wildman–Crippen LogP) is 2.49. The van der Waals surface area contributed by atoms with E-state index in [9.17, 15) is 4.79 Å². The highest BCUT2D eigenvalue weighted by Gasteiger charge is 2.32. The van der Waals surface area contributed by atoms with Gasteiger partial charge in [-0.1, -0.05) is 36.4 Å². The number of anilines is 1. The summed E-state index contributed by atoms with van der Waals surface area (Å²) in [5.74, 6) is 0.623. The van der Waals surface area contributed by atoms with Crippen LogP contribution in [0.4, 0.5) is 5.69 Å². The van der Waals surface area contributed by atoms with Gasteiger partial charge < -0.3 is 14.8 Å². The van der Waals surface area contributed by atoms with Crippen molar-refractivity contribution in [2.24, 2.45) is 0 Å². The fraction of sp³-hybridized carbons (Fsp3) is 0.444. The molecule has 0 unspecified atom stereocenters. The fourth-order valence-electron chi connectivity index (χ4n) is 5.40. The molecule has 1 N–H and O–H groups in total. The molecule has 1 amide bonds. The molecule has 7 nitrogen and oxygen atoms in total. The first-order chi connectivity index (χ1) is 16.7. The Bertz CT molecular complexity index is 1100. The number of amides is 1. The summed E-state index contributed by atoms with van der Waals surface area (Å²) < 4.78 is 11.5. The monoisotopic (exact) mass is 460 g/mol. The summed E-state index contributed by atoms with van der Waals surface area (Å²) in [5, 5.41) is 2.96. The molecule has 2 fully saturated rings. The van der Waals surface area contributed by atoms with Gasteiger partial charge in [-0.05, 0) is 11.6 Å². The number of piperazine rings is 1. The number of morpholine rings is 1. The highest BCUT2D eigenvalue weighted by molar-refractivity contribution is 6.36. The van der Waals surface area contributed by atoms with Crippen molar-refractivity contribution in [1.82, 2.24) is 14.7 Å². The minimum Gasteiger partial charge on any atom is -0.487 e. The molecule has 4 heterocycles. The smallest absolute Gasteiger partial charge is 0.260 e. The molecule has 2 aromatic carbocycles. The van der Waals surface area contributed by atoms with Crippen LogP contribution in [0.2, 0.25) is 0 Å². The van der Waals surface area contributed by atoms with Crippen LogP contribution in [0.15, 0.2) is 42.5 Å². The van der Waals surface area contributed by atoms with Crippen LogP contribution in [-0.2, 0) is 27.4 Å². The van der Waals surface area contributed by atoms with Gasteiger partial charge in [0.15, 0.2) is 0 Å². The Kier molecular flexibility index (Phi) is 6.09. The molecule has 4 aliphatic rings. The third-order valence-corrected chi connectivity index (χ3v) is 7.39. The quantitative estimate of drug-likeness (QED) is 0.692. The lowest BCUT2D eigenvalue weighted by Crippen LogP contribution is -2.49. The summed E-state index contributed by atoms with van der Waals surface area (Å²) in [7, 11) is 0. The van der Waals surface area contributed by atoms with Crippen molar-refractivity contribution in [3.8, 4) is 0 Å². The first kappa shape index (κ1) is 21.8. The Balaban J connectivity index is 1.08. The molecule has 0 atom stereocenters. The lowest BCUT2D eigenvalue weighted by Gasteiger charge is -2.36. The van der Waals surface area contributed by atoms with E-state index in [0.717, 1.165) is 88.9 Å². The van der Waals surface area contributed by atoms with Gasteiger partial charge in [0, 0.05) is 81.3 Å². The molecule has 0 saturated carbocycles. The Morgan fingerprint density at radius 2 is 1.56 bits per heavy atom. The Morgan fingerprint density at radius 1 is 0.824 bits per heavy atom. The molecule has 0 spiro atoms. The van der Waals surface area contributed by atoms with E-state index in [1.165, 1.54) is 11.1 Å². The number of benzene rings is 2. The van der Waals surface area contributed by atoms with E-state index in [4.69, 9.17) is 9.47 Å². The molecule has 34 heavy (non-hydrogen) atoms. The van der Waals surface area contributed by atoms with Crippen molar-refractivity contribution in [1.29, 1.82) is 0 Å². The van der Waals surface area contributed by atoms with Crippen LogP contribution < -0.4 is 5.32 Å². The molecule has 4 aliphatic heterocycles. The zero-order valence-electron chi connectivity index (χ0n) is 19.6. The van der Waals surface area contributed by atoms with Crippen LogP contribution in [-0.4, -0.2) is 86.2 Å². The third-order valence-electron chi connectivity index (χ3n) is 7.39. The SMILES string of the molecule is O=C1Nc2ccccc2/C1=C1\OCc2cc(CN3CCN(CCN4CCOCC4)CC3)ccc21. The summed E-state index contributed by atoms with van der Waals surface area (Å²) in [6.07, 6.45) is 0. The van der Waals surface area contributed by atoms with E-state index >= 15 is 0 Å². The van der Waals surface area contributed by atoms with E-state index in [1.54, 1.807) is 0 Å². The standard InChI is InChI=1S/C27H32N4O3/c32-27-25(23-3-1-2-4-24(23)28-27)26-22-6-5-20(17-21(22)19-34-26)18-31-11-9-29(10-12-31)7-8-30-13-15-33-16-14-30/h1-6,17H,7-16,18-19H2,(H,28,32)/b26-25+. The van der Waals surface area contributed by atoms with Crippen molar-refractivity contribution < 1.29 is 14.3 Å². The second-order valence-electron chi connectivity index (χ2n) is 9.56. The number of ether oxygens (including phenoxy) is 2. The molecule has 7 heteroatoms. The van der Waals surface area contributed by atoms with Crippen LogP contribution in [0.5, 0.6) is 0 Å². The molecule has 0 aliphatic carbocycles. The lowest BCUT2D eigenvalue weighted by atomic mass is 9.99. The average Bonchev–Trinajstić information content (AvgIpc) is 3.43. The molecule has 0 aromatic heterocycles. The van der Waals surface area contributed by atoms with E-state index in [1.807, 2.05) is 24.3 Å². The largest absolute Gasteiger partial charge is 0.487 e. The van der Waals surface area contributed by atoms with Gasteiger partial charge >= 0.3 is 0 Å². The topological polar surface area (TPSA) is 57.3 Å². The van der Waals surface area contributed by atoms with Crippen molar-refractivity contribution in [3.63, 3.8) is 0 Å². The number of nitrogens with one attached hydrogen (secondary N) is 1. The van der Waals surface area contributed by atoms with Gasteiger partial charge in [0.25, 0.3) is 5.91 Å². The van der Waals surface area contributed by atoms with E-state index in [0.29, 0.717) is 17.9 Å². The number of carbonyl (C=O) groups excluding carboxylic acids is 1. The minimum atomic E-state index is -0.0837. The summed E-state index contributed by atoms with van der Waals surface area (Å²) in [6.45, 7) is 12.1. The number of hydrogen-bond donors (Lipinski definition) is 1. The highest BCUT2D eigenvalue weighted by atomic mass is 16.5. The Labute approximate surface area is 200 Å². The zero-order valence-corrected chi connectivity index (χ0v) is 19.6. The number of rotatable bonds is 5. The minimum absolute atomic E-state index is 0.0837. The van der Waals surface area contributed by atoms with Crippen molar-refractivity contribution in [2.45, 2.75) is 13.2 Å². The molecular formula is C27H32N4O3. The number of nitrogens with zero attached hydrogens (tertiary/aromatic N) is 3. The van der Waals surface area contributed by atoms with Gasteiger partial charge in [-0.3, -0.25) is 19.5 Å². The first-order valence-electron chi connectivity index (χ1n) is 12.4. The zero-order chi connectivity index (χ0) is 22.9. The number of para-hydroxylation sites is 1. The normalized spacial score (nSPS) is 23.5. The Morgan fingerprint density at radius 3 is 2.38 bits per heavy atom. The second-order valence-corrected chi connectivity index (χ2v) is 9.56. The van der Waals surface area contributed by atoms with Gasteiger partial charge in [-0.25, -0.2) is 0 Å². The summed E-state index contributed by atoms with van der Waals surface area (Å²) in [4.78, 5) is 20.3. The summed E-state index contributed by atoms with van der Waals surface area (Å²) >= 11 is 0. The third kappa shape index (κ3) is 4.36. The lowest BCUT2D eigenvalue weighted by molar-refractivity contribution is -0.110. The van der Waals surface area contributed by atoms with E-state index in [2.05, 4.69) is 38.2 Å². The molecule has 0 radical (unpaired) electrons. The van der Waals surface area contributed by atoms with Gasteiger partial charge in [-0.2, -0.15) is 0 Å². The van der Waals surface area contributed by atoms with Crippen molar-refractivity contribution in [2.75, 3.05) is 70.9 Å². The summed E-state index contributed by atoms with van der Waals surface area (Å²) in [6, 6.07) is 14.4. The molecule has 6 rings (SSSR count). The van der Waals surface area contributed by atoms with Crippen molar-refractivity contribution >= 4 is 22.9 Å². The molecule has 0 bridgehead atoms. The molecule has 2 saturated heterocycles. The molecule has 178 valence electrons. The van der Waals surface area contributed by atoms with Crippen LogP contribution in [0.3, 0.4) is 0 Å². The molecule has 2 aromatic rings. The van der Waals surface area contributed by atoms with Crippen molar-refractivity contribution in [3.05, 3.63) is 64.7 Å². The Hall–Kier alpha value is -2.71. The predicted molar refractivity (Wildman–Crippen MR) is 132 cm³/mol. The number of carbonyl (C=O) groups is 1. The van der Waals surface area contributed by atoms with Gasteiger partial charge in [0.2, 0.25) is 0 Å². The number of hydrogen-bond acceptors (Lipinski definition) is 6. The van der Waals surface area contributed by atoms with Gasteiger partial charge in [0.1, 0.15) is 12.4 Å². The average molecular weight is 461 g/mol. The second kappa shape index (κ2) is 9.50. The van der Waals surface area contributed by atoms with Gasteiger partial charge in [-0.15, -0.1) is 0 Å². The molecular weight excluding hydrogens is 428 g/mol. The van der Waals surface area contributed by atoms with E-state index in [-0.39, 0.29) is 5.91 Å². The highest BCUT2D eigenvalue weighted by Crippen LogP contribution is 2.41. The van der Waals surface area contributed by atoms with Crippen LogP contribution in [0.1, 0.15) is 22.3 Å². The van der Waals surface area contributed by atoms with Crippen LogP contribution in [0.25, 0.3) is 11.3 Å². The maximum atomic E-state index is 12.7. The van der Waals surface area contributed by atoms with Gasteiger partial charge in [0.05, 0.1) is 18.8 Å². The maximum Gasteiger partial charge on any atom is 0.260 e. The van der Waals surface area contributed by atoms with E-state index < -0.39 is 0 Å². The fourth-order valence-corrected chi connectivity index (χ4v) is 5.40. The maximum absolute atomic E-state index is 12.7. The first-order valence-corrected chi connectivity index (χ1v) is 12.4. The van der Waals surface area contributed by atoms with Crippen LogP contribution >= 0.6 is 0 Å². The van der Waals surface area contributed by atoms with Crippen LogP contribution in [0, 0.1) is 0 Å².